The molecule has 1 saturated heterocycles. The fourth-order valence-corrected chi connectivity index (χ4v) is 4.77. The van der Waals surface area contributed by atoms with Gasteiger partial charge in [0, 0.05) is 37.3 Å². The Morgan fingerprint density at radius 2 is 1.89 bits per heavy atom. The third-order valence-electron chi connectivity index (χ3n) is 6.84. The standard InChI is InChI=1S/C27H27ClN6O2/c1-27(9-10-27)36-25-22-24(30-17-31-25)34(16-18-5-3-2-4-6-18)23(32-22)20-8-7-19(15-21(20)28)26(35)33-13-11-29-12-14-33/h2-8,15,17,29H,9-14,16H2,1H3. The first-order valence-electron chi connectivity index (χ1n) is 12.2. The van der Waals surface area contributed by atoms with Gasteiger partial charge >= 0.3 is 0 Å². The molecule has 4 aromatic rings. The monoisotopic (exact) mass is 502 g/mol. The number of amides is 1. The Labute approximate surface area is 214 Å². The van der Waals surface area contributed by atoms with Crippen molar-refractivity contribution in [2.75, 3.05) is 26.2 Å². The molecule has 1 saturated carbocycles. The third kappa shape index (κ3) is 4.42. The summed E-state index contributed by atoms with van der Waals surface area (Å²) in [6.07, 6.45) is 3.50. The molecule has 0 spiro atoms. The number of imidazole rings is 1. The Morgan fingerprint density at radius 3 is 2.61 bits per heavy atom. The lowest BCUT2D eigenvalue weighted by molar-refractivity contribution is 0.0736. The molecule has 3 heterocycles. The van der Waals surface area contributed by atoms with Crippen molar-refractivity contribution in [2.45, 2.75) is 31.9 Å². The maximum Gasteiger partial charge on any atom is 0.253 e. The highest BCUT2D eigenvalue weighted by molar-refractivity contribution is 6.33. The lowest BCUT2D eigenvalue weighted by Crippen LogP contribution is -2.46. The summed E-state index contributed by atoms with van der Waals surface area (Å²) in [5, 5.41) is 3.74. The number of carbonyl (C=O) groups is 1. The van der Waals surface area contributed by atoms with Crippen LogP contribution in [0.5, 0.6) is 5.88 Å². The van der Waals surface area contributed by atoms with Crippen molar-refractivity contribution in [1.29, 1.82) is 0 Å². The summed E-state index contributed by atoms with van der Waals surface area (Å²) >= 11 is 6.80. The quantitative estimate of drug-likeness (QED) is 0.426. The third-order valence-corrected chi connectivity index (χ3v) is 7.15. The second kappa shape index (κ2) is 9.19. The van der Waals surface area contributed by atoms with Gasteiger partial charge in [-0.1, -0.05) is 41.9 Å². The van der Waals surface area contributed by atoms with Gasteiger partial charge in [0.2, 0.25) is 5.88 Å². The molecule has 36 heavy (non-hydrogen) atoms. The highest BCUT2D eigenvalue weighted by Crippen LogP contribution is 2.41. The smallest absolute Gasteiger partial charge is 0.253 e. The average molecular weight is 503 g/mol. The molecule has 6 rings (SSSR count). The molecule has 2 aromatic heterocycles. The van der Waals surface area contributed by atoms with Crippen LogP contribution in [0.3, 0.4) is 0 Å². The predicted octanol–water partition coefficient (Wildman–Crippen LogP) is 4.17. The summed E-state index contributed by atoms with van der Waals surface area (Å²) in [5.41, 5.74) is 3.49. The van der Waals surface area contributed by atoms with Crippen LogP contribution in [0.2, 0.25) is 5.02 Å². The molecule has 184 valence electrons. The number of aromatic nitrogens is 4. The molecule has 0 bridgehead atoms. The van der Waals surface area contributed by atoms with Gasteiger partial charge in [0.25, 0.3) is 5.91 Å². The van der Waals surface area contributed by atoms with Gasteiger partial charge in [-0.2, -0.15) is 4.98 Å². The molecule has 2 aromatic carbocycles. The number of benzene rings is 2. The van der Waals surface area contributed by atoms with Gasteiger partial charge in [0.1, 0.15) is 17.8 Å². The summed E-state index contributed by atoms with van der Waals surface area (Å²) in [5.74, 6) is 1.13. The summed E-state index contributed by atoms with van der Waals surface area (Å²) in [6.45, 7) is 5.60. The molecule has 0 radical (unpaired) electrons. The molecule has 2 aliphatic rings. The van der Waals surface area contributed by atoms with Gasteiger partial charge in [0.15, 0.2) is 11.2 Å². The minimum Gasteiger partial charge on any atom is -0.470 e. The Morgan fingerprint density at radius 1 is 1.11 bits per heavy atom. The van der Waals surface area contributed by atoms with E-state index in [-0.39, 0.29) is 11.5 Å². The second-order valence-electron chi connectivity index (χ2n) is 9.65. The highest BCUT2D eigenvalue weighted by atomic mass is 35.5. The van der Waals surface area contributed by atoms with Gasteiger partial charge in [-0.05, 0) is 43.5 Å². The molecule has 0 atom stereocenters. The van der Waals surface area contributed by atoms with Crippen molar-refractivity contribution in [3.8, 4) is 17.3 Å². The first kappa shape index (κ1) is 22.9. The molecular formula is C27H27ClN6O2. The molecule has 1 aliphatic heterocycles. The molecule has 1 amide bonds. The molecular weight excluding hydrogens is 476 g/mol. The highest BCUT2D eigenvalue weighted by Gasteiger charge is 2.41. The normalized spacial score (nSPS) is 16.8. The maximum atomic E-state index is 13.0. The zero-order valence-corrected chi connectivity index (χ0v) is 20.8. The Hall–Kier alpha value is -3.49. The van der Waals surface area contributed by atoms with Gasteiger partial charge in [0.05, 0.1) is 11.6 Å². The van der Waals surface area contributed by atoms with Gasteiger partial charge in [-0.25, -0.2) is 9.97 Å². The fraction of sp³-hybridized carbons (Fsp3) is 0.333. The van der Waals surface area contributed by atoms with Crippen molar-refractivity contribution >= 4 is 28.7 Å². The van der Waals surface area contributed by atoms with E-state index in [4.69, 9.17) is 21.3 Å². The Bertz CT molecular complexity index is 1430. The van der Waals surface area contributed by atoms with Crippen molar-refractivity contribution in [1.82, 2.24) is 29.7 Å². The Kier molecular flexibility index (Phi) is 5.85. The first-order valence-corrected chi connectivity index (χ1v) is 12.6. The van der Waals surface area contributed by atoms with Crippen LogP contribution in [0.4, 0.5) is 0 Å². The van der Waals surface area contributed by atoms with Crippen LogP contribution in [0.25, 0.3) is 22.6 Å². The van der Waals surface area contributed by atoms with E-state index in [0.717, 1.165) is 37.1 Å². The van der Waals surface area contributed by atoms with E-state index in [1.54, 1.807) is 6.07 Å². The largest absolute Gasteiger partial charge is 0.470 e. The van der Waals surface area contributed by atoms with Crippen LogP contribution in [-0.4, -0.2) is 62.1 Å². The number of halogens is 1. The molecule has 2 fully saturated rings. The number of nitrogens with zero attached hydrogens (tertiary/aromatic N) is 5. The lowest BCUT2D eigenvalue weighted by atomic mass is 10.1. The maximum absolute atomic E-state index is 13.0. The Balaban J connectivity index is 1.43. The van der Waals surface area contributed by atoms with Crippen LogP contribution in [-0.2, 0) is 6.54 Å². The van der Waals surface area contributed by atoms with E-state index in [9.17, 15) is 4.79 Å². The van der Waals surface area contributed by atoms with Crippen molar-refractivity contribution in [3.63, 3.8) is 0 Å². The van der Waals surface area contributed by atoms with Gasteiger partial charge in [-0.3, -0.25) is 4.79 Å². The second-order valence-corrected chi connectivity index (χ2v) is 10.1. The van der Waals surface area contributed by atoms with Crippen LogP contribution in [0.15, 0.2) is 54.9 Å². The van der Waals surface area contributed by atoms with E-state index >= 15 is 0 Å². The van der Waals surface area contributed by atoms with Crippen molar-refractivity contribution in [3.05, 3.63) is 71.0 Å². The van der Waals surface area contributed by atoms with E-state index in [1.165, 1.54) is 6.33 Å². The predicted molar refractivity (Wildman–Crippen MR) is 138 cm³/mol. The van der Waals surface area contributed by atoms with E-state index in [1.807, 2.05) is 39.8 Å². The fourth-order valence-electron chi connectivity index (χ4n) is 4.50. The first-order chi connectivity index (χ1) is 17.5. The zero-order chi connectivity index (χ0) is 24.7. The molecule has 1 N–H and O–H groups in total. The number of rotatable bonds is 6. The SMILES string of the molecule is CC1(Oc2ncnc3c2nc(-c2ccc(C(=O)N4CCNCC4)cc2Cl)n3Cc2ccccc2)CC1. The number of piperazine rings is 1. The van der Waals surface area contributed by atoms with Crippen molar-refractivity contribution < 1.29 is 9.53 Å². The number of hydrogen-bond donors (Lipinski definition) is 1. The zero-order valence-electron chi connectivity index (χ0n) is 20.1. The lowest BCUT2D eigenvalue weighted by Gasteiger charge is -2.27. The number of hydrogen-bond acceptors (Lipinski definition) is 6. The van der Waals surface area contributed by atoms with Crippen LogP contribution in [0.1, 0.15) is 35.7 Å². The number of ether oxygens (including phenoxy) is 1. The van der Waals surface area contributed by atoms with Crippen LogP contribution < -0.4 is 10.1 Å². The van der Waals surface area contributed by atoms with Crippen LogP contribution in [0, 0.1) is 0 Å². The summed E-state index contributed by atoms with van der Waals surface area (Å²) in [7, 11) is 0. The van der Waals surface area contributed by atoms with Crippen LogP contribution >= 0.6 is 11.6 Å². The van der Waals surface area contributed by atoms with Gasteiger partial charge < -0.3 is 19.5 Å². The summed E-state index contributed by atoms with van der Waals surface area (Å²) in [4.78, 5) is 28.8. The minimum atomic E-state index is -0.200. The topological polar surface area (TPSA) is 85.2 Å². The minimum absolute atomic E-state index is 0.0121. The van der Waals surface area contributed by atoms with Crippen molar-refractivity contribution in [2.24, 2.45) is 0 Å². The number of carbonyl (C=O) groups excluding carboxylic acids is 1. The van der Waals surface area contributed by atoms with E-state index in [0.29, 0.717) is 53.1 Å². The van der Waals surface area contributed by atoms with Gasteiger partial charge in [-0.15, -0.1) is 0 Å². The molecule has 1 aliphatic carbocycles. The molecule has 8 nitrogen and oxygen atoms in total. The number of fused-ring (bicyclic) bond motifs is 1. The van der Waals surface area contributed by atoms with E-state index < -0.39 is 0 Å². The van der Waals surface area contributed by atoms with E-state index in [2.05, 4.69) is 34.3 Å². The summed E-state index contributed by atoms with van der Waals surface area (Å²) in [6, 6.07) is 15.6. The summed E-state index contributed by atoms with van der Waals surface area (Å²) < 4.78 is 8.25. The molecule has 0 unspecified atom stereocenters. The molecule has 9 heteroatoms. The average Bonchev–Trinajstić information content (AvgIpc) is 3.52. The number of nitrogens with one attached hydrogen (secondary N) is 1.